The maximum absolute atomic E-state index is 13.1. The zero-order valence-corrected chi connectivity index (χ0v) is 25.1. The molecule has 0 heterocycles. The minimum absolute atomic E-state index is 0.0508. The molecule has 42 heavy (non-hydrogen) atoms. The molecule has 0 aliphatic rings. The van der Waals surface area contributed by atoms with Crippen molar-refractivity contribution in [2.24, 2.45) is 29.0 Å². The quantitative estimate of drug-likeness (QED) is 0.169. The number of nitrogens with one attached hydrogen (secondary N) is 2. The van der Waals surface area contributed by atoms with Crippen LogP contribution in [-0.2, 0) is 36.8 Å². The Bertz CT molecular complexity index is 1230. The number of ether oxygens (including phenoxy) is 1. The van der Waals surface area contributed by atoms with E-state index in [2.05, 4.69) is 15.4 Å². The maximum Gasteiger partial charge on any atom is 0.322 e. The standard InChI is InChI=1S/C31H45N5O6/c1-17(2)12-25(28(34)38)35-30(40)26(13-18(3)4)36-29(39)23(32)16-20-8-11-27(37)22(14-20)21-9-6-19(7-10-21)15-24(33)31(41)42-5/h6-11,14,17-18,23-26,37H,12-13,15-16,32-33H2,1-5H3,(H2,34,38)(H,35,40)(H,36,39)/t23-,24-,25-,26-/m0/s1. The van der Waals surface area contributed by atoms with Crippen LogP contribution in [0, 0.1) is 11.8 Å². The average molecular weight is 584 g/mol. The summed E-state index contributed by atoms with van der Waals surface area (Å²) in [6, 6.07) is 8.71. The van der Waals surface area contributed by atoms with E-state index >= 15 is 0 Å². The van der Waals surface area contributed by atoms with Crippen LogP contribution in [0.25, 0.3) is 11.1 Å². The Kier molecular flexibility index (Phi) is 12.9. The number of phenolic OH excluding ortho intramolecular Hbond substituents is 1. The number of hydrogen-bond acceptors (Lipinski definition) is 8. The minimum Gasteiger partial charge on any atom is -0.507 e. The maximum atomic E-state index is 13.1. The molecule has 0 bridgehead atoms. The van der Waals surface area contributed by atoms with E-state index in [-0.39, 0.29) is 24.0 Å². The van der Waals surface area contributed by atoms with E-state index in [0.29, 0.717) is 30.4 Å². The lowest BCUT2D eigenvalue weighted by Gasteiger charge is -2.25. The molecular weight excluding hydrogens is 538 g/mol. The van der Waals surface area contributed by atoms with E-state index in [0.717, 1.165) is 11.1 Å². The Balaban J connectivity index is 2.13. The average Bonchev–Trinajstić information content (AvgIpc) is 2.92. The van der Waals surface area contributed by atoms with Crippen LogP contribution in [0.4, 0.5) is 0 Å². The van der Waals surface area contributed by atoms with Gasteiger partial charge in [-0.25, -0.2) is 0 Å². The number of carbonyl (C=O) groups excluding carboxylic acids is 4. The van der Waals surface area contributed by atoms with E-state index in [1.807, 2.05) is 39.8 Å². The van der Waals surface area contributed by atoms with E-state index < -0.39 is 47.9 Å². The Morgan fingerprint density at radius 1 is 0.786 bits per heavy atom. The number of carbonyl (C=O) groups is 4. The Morgan fingerprint density at radius 2 is 1.31 bits per heavy atom. The smallest absolute Gasteiger partial charge is 0.322 e. The Morgan fingerprint density at radius 3 is 1.86 bits per heavy atom. The molecule has 9 N–H and O–H groups in total. The van der Waals surface area contributed by atoms with Crippen molar-refractivity contribution in [3.05, 3.63) is 53.6 Å². The van der Waals surface area contributed by atoms with Gasteiger partial charge in [0.15, 0.2) is 0 Å². The van der Waals surface area contributed by atoms with Crippen LogP contribution < -0.4 is 27.8 Å². The molecule has 230 valence electrons. The fourth-order valence-corrected chi connectivity index (χ4v) is 4.57. The number of benzene rings is 2. The van der Waals surface area contributed by atoms with Gasteiger partial charge in [-0.1, -0.05) is 58.0 Å². The van der Waals surface area contributed by atoms with Crippen molar-refractivity contribution in [1.82, 2.24) is 10.6 Å². The lowest BCUT2D eigenvalue weighted by Crippen LogP contribution is -2.56. The summed E-state index contributed by atoms with van der Waals surface area (Å²) >= 11 is 0. The van der Waals surface area contributed by atoms with E-state index in [1.54, 1.807) is 24.3 Å². The first-order valence-corrected chi connectivity index (χ1v) is 14.1. The highest BCUT2D eigenvalue weighted by Gasteiger charge is 2.28. The molecule has 0 fully saturated rings. The molecule has 11 nitrogen and oxygen atoms in total. The summed E-state index contributed by atoms with van der Waals surface area (Å²) in [6.45, 7) is 7.68. The summed E-state index contributed by atoms with van der Waals surface area (Å²) in [5, 5.41) is 15.9. The summed E-state index contributed by atoms with van der Waals surface area (Å²) in [4.78, 5) is 49.6. The summed E-state index contributed by atoms with van der Waals surface area (Å²) in [5.74, 6) is -1.88. The van der Waals surface area contributed by atoms with Crippen molar-refractivity contribution in [1.29, 1.82) is 0 Å². The van der Waals surface area contributed by atoms with Gasteiger partial charge in [0.1, 0.15) is 23.9 Å². The topological polar surface area (TPSA) is 200 Å². The second-order valence-corrected chi connectivity index (χ2v) is 11.5. The Labute approximate surface area is 247 Å². The van der Waals surface area contributed by atoms with Crippen molar-refractivity contribution in [2.75, 3.05) is 7.11 Å². The monoisotopic (exact) mass is 583 g/mol. The molecule has 2 aromatic carbocycles. The molecular formula is C31H45N5O6. The number of nitrogens with two attached hydrogens (primary N) is 3. The lowest BCUT2D eigenvalue weighted by atomic mass is 9.96. The number of aromatic hydroxyl groups is 1. The van der Waals surface area contributed by atoms with Gasteiger partial charge in [0.25, 0.3) is 0 Å². The third-order valence-electron chi connectivity index (χ3n) is 6.78. The van der Waals surface area contributed by atoms with Crippen molar-refractivity contribution in [2.45, 2.75) is 77.5 Å². The van der Waals surface area contributed by atoms with Crippen LogP contribution in [-0.4, -0.2) is 60.1 Å². The van der Waals surface area contributed by atoms with Crippen LogP contribution in [0.5, 0.6) is 5.75 Å². The molecule has 0 unspecified atom stereocenters. The van der Waals surface area contributed by atoms with Crippen molar-refractivity contribution in [3.8, 4) is 16.9 Å². The van der Waals surface area contributed by atoms with Gasteiger partial charge in [-0.3, -0.25) is 19.2 Å². The van der Waals surface area contributed by atoms with E-state index in [1.165, 1.54) is 13.2 Å². The number of rotatable bonds is 15. The molecule has 2 rings (SSSR count). The number of primary amides is 1. The highest BCUT2D eigenvalue weighted by molar-refractivity contribution is 5.92. The number of methoxy groups -OCH3 is 1. The largest absolute Gasteiger partial charge is 0.507 e. The molecule has 0 aromatic heterocycles. The van der Waals surface area contributed by atoms with Gasteiger partial charge in [-0.15, -0.1) is 0 Å². The normalized spacial score (nSPS) is 14.1. The van der Waals surface area contributed by atoms with Crippen molar-refractivity contribution >= 4 is 23.7 Å². The van der Waals surface area contributed by atoms with Crippen LogP contribution in [0.3, 0.4) is 0 Å². The Hall–Kier alpha value is -3.96. The molecule has 11 heteroatoms. The zero-order chi connectivity index (χ0) is 31.6. The molecule has 0 aliphatic carbocycles. The SMILES string of the molecule is COC(=O)[C@@H](N)Cc1ccc(-c2cc(C[C@H](N)C(=O)N[C@@H](CC(C)C)C(=O)N[C@@H](CC(C)C)C(N)=O)ccc2O)cc1. The summed E-state index contributed by atoms with van der Waals surface area (Å²) in [6.07, 6.45) is 1.19. The van der Waals surface area contributed by atoms with E-state index in [4.69, 9.17) is 17.2 Å². The molecule has 0 aliphatic heterocycles. The second-order valence-electron chi connectivity index (χ2n) is 11.5. The van der Waals surface area contributed by atoms with Gasteiger partial charge in [-0.05, 0) is 66.3 Å². The van der Waals surface area contributed by atoms with Gasteiger partial charge in [0.2, 0.25) is 17.7 Å². The summed E-state index contributed by atoms with van der Waals surface area (Å²) < 4.78 is 4.67. The summed E-state index contributed by atoms with van der Waals surface area (Å²) in [7, 11) is 1.28. The molecule has 0 radical (unpaired) electrons. The molecule has 0 spiro atoms. The van der Waals surface area contributed by atoms with Crippen molar-refractivity contribution in [3.63, 3.8) is 0 Å². The lowest BCUT2D eigenvalue weighted by molar-refractivity contribution is -0.142. The third-order valence-corrected chi connectivity index (χ3v) is 6.78. The van der Waals surface area contributed by atoms with Crippen LogP contribution in [0.1, 0.15) is 51.7 Å². The molecule has 0 saturated carbocycles. The van der Waals surface area contributed by atoms with Gasteiger partial charge >= 0.3 is 5.97 Å². The van der Waals surface area contributed by atoms with Crippen LogP contribution in [0.2, 0.25) is 0 Å². The fraction of sp³-hybridized carbons (Fsp3) is 0.484. The van der Waals surface area contributed by atoms with Crippen molar-refractivity contribution < 1.29 is 29.0 Å². The number of amides is 3. The highest BCUT2D eigenvalue weighted by Crippen LogP contribution is 2.31. The number of hydrogen-bond donors (Lipinski definition) is 6. The molecule has 2 aromatic rings. The van der Waals surface area contributed by atoms with Gasteiger partial charge in [0, 0.05) is 5.56 Å². The second kappa shape index (κ2) is 15.9. The van der Waals surface area contributed by atoms with Gasteiger partial charge in [-0.2, -0.15) is 0 Å². The predicted molar refractivity (Wildman–Crippen MR) is 161 cm³/mol. The van der Waals surface area contributed by atoms with Crippen LogP contribution >= 0.6 is 0 Å². The molecule has 4 atom stereocenters. The highest BCUT2D eigenvalue weighted by atomic mass is 16.5. The summed E-state index contributed by atoms with van der Waals surface area (Å²) in [5.41, 5.74) is 20.4. The van der Waals surface area contributed by atoms with Gasteiger partial charge in [0.05, 0.1) is 13.2 Å². The zero-order valence-electron chi connectivity index (χ0n) is 25.1. The fourth-order valence-electron chi connectivity index (χ4n) is 4.57. The first-order valence-electron chi connectivity index (χ1n) is 14.1. The van der Waals surface area contributed by atoms with Gasteiger partial charge < -0.3 is 37.7 Å². The molecule has 3 amide bonds. The first-order chi connectivity index (χ1) is 19.7. The van der Waals surface area contributed by atoms with E-state index in [9.17, 15) is 24.3 Å². The predicted octanol–water partition coefficient (Wildman–Crippen LogP) is 1.52. The van der Waals surface area contributed by atoms with Crippen LogP contribution in [0.15, 0.2) is 42.5 Å². The number of esters is 1. The number of phenols is 1. The third kappa shape index (κ3) is 10.5. The molecule has 0 saturated heterocycles. The minimum atomic E-state index is -0.977. The first kappa shape index (κ1) is 34.2.